The second kappa shape index (κ2) is 5.09. The molecular formula is C9H15F3N2S. The largest absolute Gasteiger partial charge is 0.405 e. The maximum atomic E-state index is 11.9. The molecule has 15 heavy (non-hydrogen) atoms. The van der Waals surface area contributed by atoms with E-state index in [0.29, 0.717) is 22.9 Å². The molecule has 0 spiro atoms. The number of amidine groups is 1. The van der Waals surface area contributed by atoms with Crippen molar-refractivity contribution in [1.82, 2.24) is 5.32 Å². The fourth-order valence-corrected chi connectivity index (χ4v) is 2.59. The summed E-state index contributed by atoms with van der Waals surface area (Å²) in [6.45, 7) is 3.83. The summed E-state index contributed by atoms with van der Waals surface area (Å²) in [6, 6.07) is 0. The third-order valence-corrected chi connectivity index (χ3v) is 3.06. The maximum Gasteiger partial charge on any atom is 0.405 e. The van der Waals surface area contributed by atoms with Gasteiger partial charge < -0.3 is 5.32 Å². The van der Waals surface area contributed by atoms with Crippen LogP contribution in [0.5, 0.6) is 0 Å². The molecule has 0 aliphatic carbocycles. The second-order valence-electron chi connectivity index (χ2n) is 3.98. The van der Waals surface area contributed by atoms with Gasteiger partial charge >= 0.3 is 6.18 Å². The molecule has 0 bridgehead atoms. The standard InChI is InChI=1S/C9H15F3N2S/c1-6(2)3-7-4-13-8(15-7)14-5-9(10,11)12/h6-7H,3-5H2,1-2H3,(H,13,14). The highest BCUT2D eigenvalue weighted by Crippen LogP contribution is 2.26. The van der Waals surface area contributed by atoms with Gasteiger partial charge in [-0.1, -0.05) is 25.6 Å². The first kappa shape index (κ1) is 12.7. The van der Waals surface area contributed by atoms with E-state index in [9.17, 15) is 13.2 Å². The molecule has 1 N–H and O–H groups in total. The number of aliphatic imine (C=N–C) groups is 1. The zero-order chi connectivity index (χ0) is 11.5. The van der Waals surface area contributed by atoms with Gasteiger partial charge in [0.25, 0.3) is 0 Å². The Morgan fingerprint density at radius 3 is 2.73 bits per heavy atom. The molecule has 0 saturated carbocycles. The lowest BCUT2D eigenvalue weighted by Gasteiger charge is -2.12. The van der Waals surface area contributed by atoms with E-state index in [1.54, 1.807) is 0 Å². The number of thioether (sulfide) groups is 1. The zero-order valence-corrected chi connectivity index (χ0v) is 9.58. The molecular weight excluding hydrogens is 225 g/mol. The zero-order valence-electron chi connectivity index (χ0n) is 8.77. The number of rotatable bonds is 3. The molecule has 0 radical (unpaired) electrons. The summed E-state index contributed by atoms with van der Waals surface area (Å²) in [5, 5.41) is 3.08. The van der Waals surface area contributed by atoms with Crippen LogP contribution in [0.2, 0.25) is 0 Å². The summed E-state index contributed by atoms with van der Waals surface area (Å²) < 4.78 is 35.7. The highest BCUT2D eigenvalue weighted by atomic mass is 32.2. The van der Waals surface area contributed by atoms with Crippen molar-refractivity contribution < 1.29 is 13.2 Å². The normalized spacial score (nSPS) is 22.0. The van der Waals surface area contributed by atoms with Crippen molar-refractivity contribution in [3.05, 3.63) is 0 Å². The molecule has 1 atom stereocenters. The summed E-state index contributed by atoms with van der Waals surface area (Å²) in [7, 11) is 0. The van der Waals surface area contributed by atoms with Gasteiger partial charge in [-0.15, -0.1) is 0 Å². The Kier molecular flexibility index (Phi) is 4.31. The predicted molar refractivity (Wildman–Crippen MR) is 57.2 cm³/mol. The molecule has 1 aliphatic rings. The molecule has 1 heterocycles. The second-order valence-corrected chi connectivity index (χ2v) is 5.27. The molecule has 0 aromatic heterocycles. The van der Waals surface area contributed by atoms with Crippen LogP contribution < -0.4 is 5.32 Å². The van der Waals surface area contributed by atoms with Crippen molar-refractivity contribution >= 4 is 16.9 Å². The summed E-state index contributed by atoms with van der Waals surface area (Å²) >= 11 is 1.42. The van der Waals surface area contributed by atoms with Crippen molar-refractivity contribution in [3.63, 3.8) is 0 Å². The number of nitrogens with one attached hydrogen (secondary N) is 1. The lowest BCUT2D eigenvalue weighted by molar-refractivity contribution is -0.121. The minimum atomic E-state index is -4.17. The Labute approximate surface area is 91.7 Å². The minimum absolute atomic E-state index is 0.334. The summed E-state index contributed by atoms with van der Waals surface area (Å²) in [6.07, 6.45) is -3.18. The maximum absolute atomic E-state index is 11.9. The van der Waals surface area contributed by atoms with Crippen LogP contribution in [-0.4, -0.2) is 29.7 Å². The van der Waals surface area contributed by atoms with Crippen LogP contribution in [0.15, 0.2) is 4.99 Å². The van der Waals surface area contributed by atoms with Gasteiger partial charge in [0, 0.05) is 5.25 Å². The Bertz CT molecular complexity index is 238. The molecule has 0 fully saturated rings. The Morgan fingerprint density at radius 2 is 2.20 bits per heavy atom. The van der Waals surface area contributed by atoms with Gasteiger partial charge in [0.05, 0.1) is 6.54 Å². The first-order valence-corrected chi connectivity index (χ1v) is 5.76. The molecule has 0 amide bonds. The van der Waals surface area contributed by atoms with Gasteiger partial charge in [-0.2, -0.15) is 13.2 Å². The molecule has 0 saturated heterocycles. The number of hydrogen-bond donors (Lipinski definition) is 1. The molecule has 6 heteroatoms. The van der Waals surface area contributed by atoms with Crippen LogP contribution >= 0.6 is 11.8 Å². The number of halogens is 3. The molecule has 0 aromatic carbocycles. The molecule has 2 nitrogen and oxygen atoms in total. The van der Waals surface area contributed by atoms with Crippen LogP contribution in [0.3, 0.4) is 0 Å². The highest BCUT2D eigenvalue weighted by molar-refractivity contribution is 8.14. The van der Waals surface area contributed by atoms with E-state index in [0.717, 1.165) is 6.42 Å². The van der Waals surface area contributed by atoms with Gasteiger partial charge in [-0.25, -0.2) is 0 Å². The van der Waals surface area contributed by atoms with Crippen molar-refractivity contribution in [2.45, 2.75) is 31.7 Å². The summed E-state index contributed by atoms with van der Waals surface area (Å²) in [5.41, 5.74) is 0. The first-order valence-electron chi connectivity index (χ1n) is 4.88. The van der Waals surface area contributed by atoms with Crippen molar-refractivity contribution in [1.29, 1.82) is 0 Å². The topological polar surface area (TPSA) is 24.4 Å². The van der Waals surface area contributed by atoms with Crippen LogP contribution in [0, 0.1) is 5.92 Å². The first-order chi connectivity index (χ1) is 6.87. The SMILES string of the molecule is CC(C)CC1CN=C(NCC(F)(F)F)S1. The number of hydrogen-bond acceptors (Lipinski definition) is 3. The molecule has 0 aromatic rings. The molecule has 88 valence electrons. The average molecular weight is 240 g/mol. The van der Waals surface area contributed by atoms with E-state index in [1.165, 1.54) is 11.8 Å². The minimum Gasteiger partial charge on any atom is -0.356 e. The Morgan fingerprint density at radius 1 is 1.53 bits per heavy atom. The van der Waals surface area contributed by atoms with E-state index < -0.39 is 12.7 Å². The average Bonchev–Trinajstić information content (AvgIpc) is 2.46. The highest BCUT2D eigenvalue weighted by Gasteiger charge is 2.29. The van der Waals surface area contributed by atoms with Crippen LogP contribution in [0.4, 0.5) is 13.2 Å². The van der Waals surface area contributed by atoms with Crippen LogP contribution in [-0.2, 0) is 0 Å². The third-order valence-electron chi connectivity index (χ3n) is 1.89. The van der Waals surface area contributed by atoms with Gasteiger partial charge in [-0.3, -0.25) is 4.99 Å². The lowest BCUT2D eigenvalue weighted by atomic mass is 10.1. The molecule has 1 aliphatic heterocycles. The fraction of sp³-hybridized carbons (Fsp3) is 0.889. The molecule has 1 unspecified atom stereocenters. The summed E-state index contributed by atoms with van der Waals surface area (Å²) in [5.74, 6) is 0.555. The predicted octanol–water partition coefficient (Wildman–Crippen LogP) is 2.66. The number of alkyl halides is 3. The Balaban J connectivity index is 2.24. The van der Waals surface area contributed by atoms with E-state index in [-0.39, 0.29) is 0 Å². The van der Waals surface area contributed by atoms with Gasteiger partial charge in [0.15, 0.2) is 5.17 Å². The fourth-order valence-electron chi connectivity index (χ4n) is 1.34. The van der Waals surface area contributed by atoms with Gasteiger partial charge in [0.1, 0.15) is 6.54 Å². The van der Waals surface area contributed by atoms with E-state index in [2.05, 4.69) is 24.2 Å². The van der Waals surface area contributed by atoms with Gasteiger partial charge in [0.2, 0.25) is 0 Å². The van der Waals surface area contributed by atoms with Gasteiger partial charge in [-0.05, 0) is 12.3 Å². The van der Waals surface area contributed by atoms with E-state index in [4.69, 9.17) is 0 Å². The van der Waals surface area contributed by atoms with Crippen molar-refractivity contribution in [3.8, 4) is 0 Å². The summed E-state index contributed by atoms with van der Waals surface area (Å²) in [4.78, 5) is 4.04. The molecule has 1 rings (SSSR count). The smallest absolute Gasteiger partial charge is 0.356 e. The van der Waals surface area contributed by atoms with E-state index >= 15 is 0 Å². The monoisotopic (exact) mass is 240 g/mol. The number of nitrogens with zero attached hydrogens (tertiary/aromatic N) is 1. The van der Waals surface area contributed by atoms with Crippen molar-refractivity contribution in [2.24, 2.45) is 10.9 Å². The Hall–Kier alpha value is -0.390. The third kappa shape index (κ3) is 5.30. The lowest BCUT2D eigenvalue weighted by Crippen LogP contribution is -2.31. The van der Waals surface area contributed by atoms with Crippen LogP contribution in [0.1, 0.15) is 20.3 Å². The van der Waals surface area contributed by atoms with Crippen LogP contribution in [0.25, 0.3) is 0 Å². The van der Waals surface area contributed by atoms with Crippen molar-refractivity contribution in [2.75, 3.05) is 13.1 Å². The quantitative estimate of drug-likeness (QED) is 0.820. The van der Waals surface area contributed by atoms with E-state index in [1.807, 2.05) is 0 Å².